The van der Waals surface area contributed by atoms with Crippen LogP contribution in [0.5, 0.6) is 0 Å². The Bertz CT molecular complexity index is 408. The first-order valence-corrected chi connectivity index (χ1v) is 6.73. The van der Waals surface area contributed by atoms with Crippen LogP contribution in [0.3, 0.4) is 0 Å². The summed E-state index contributed by atoms with van der Waals surface area (Å²) >= 11 is 3.20. The first-order valence-electron chi connectivity index (χ1n) is 4.90. The number of aromatic nitrogens is 2. The molecule has 3 nitrogen and oxygen atoms in total. The van der Waals surface area contributed by atoms with Crippen LogP contribution in [0.15, 0.2) is 16.3 Å². The maximum Gasteiger partial charge on any atom is 0.143 e. The zero-order chi connectivity index (χ0) is 10.7. The van der Waals surface area contributed by atoms with Crippen LogP contribution in [0, 0.1) is 0 Å². The molecule has 0 aromatic carbocycles. The first-order chi connectivity index (χ1) is 7.31. The Labute approximate surface area is 97.0 Å². The van der Waals surface area contributed by atoms with Crippen molar-refractivity contribution >= 4 is 22.7 Å². The van der Waals surface area contributed by atoms with Crippen molar-refractivity contribution in [3.05, 3.63) is 22.0 Å². The lowest BCUT2D eigenvalue weighted by molar-refractivity contribution is 0.625. The van der Waals surface area contributed by atoms with E-state index in [4.69, 9.17) is 5.73 Å². The van der Waals surface area contributed by atoms with Crippen LogP contribution in [-0.4, -0.2) is 9.97 Å². The molecule has 0 spiro atoms. The minimum atomic E-state index is 0.0682. The average Bonchev–Trinajstić information content (AvgIpc) is 2.89. The van der Waals surface area contributed by atoms with Gasteiger partial charge in [-0.15, -0.1) is 22.7 Å². The van der Waals surface area contributed by atoms with Gasteiger partial charge in [0.05, 0.1) is 11.2 Å². The van der Waals surface area contributed by atoms with E-state index in [1.165, 1.54) is 0 Å². The third-order valence-corrected chi connectivity index (χ3v) is 3.62. The monoisotopic (exact) mass is 239 g/mol. The molecule has 2 aromatic heterocycles. The SMILES string of the molecule is CCCC(N)c1csc(-c2cscn2)n1. The summed E-state index contributed by atoms with van der Waals surface area (Å²) in [6.07, 6.45) is 2.07. The second-order valence-corrected chi connectivity index (χ2v) is 4.92. The largest absolute Gasteiger partial charge is 0.323 e. The molecule has 0 saturated heterocycles. The van der Waals surface area contributed by atoms with Crippen molar-refractivity contribution in [2.75, 3.05) is 0 Å². The molecular formula is C10H13N3S2. The quantitative estimate of drug-likeness (QED) is 0.892. The maximum atomic E-state index is 6.00. The fourth-order valence-electron chi connectivity index (χ4n) is 1.35. The van der Waals surface area contributed by atoms with Crippen molar-refractivity contribution in [1.82, 2.24) is 9.97 Å². The lowest BCUT2D eigenvalue weighted by Crippen LogP contribution is -2.09. The topological polar surface area (TPSA) is 51.8 Å². The summed E-state index contributed by atoms with van der Waals surface area (Å²) < 4.78 is 0. The van der Waals surface area contributed by atoms with Gasteiger partial charge < -0.3 is 5.73 Å². The highest BCUT2D eigenvalue weighted by molar-refractivity contribution is 7.13. The van der Waals surface area contributed by atoms with Crippen molar-refractivity contribution in [3.63, 3.8) is 0 Å². The second-order valence-electron chi connectivity index (χ2n) is 3.35. The van der Waals surface area contributed by atoms with Crippen LogP contribution in [0.2, 0.25) is 0 Å². The smallest absolute Gasteiger partial charge is 0.143 e. The van der Waals surface area contributed by atoms with E-state index in [9.17, 15) is 0 Å². The molecule has 0 saturated carbocycles. The predicted molar refractivity (Wildman–Crippen MR) is 65.1 cm³/mol. The molecule has 0 aliphatic heterocycles. The zero-order valence-electron chi connectivity index (χ0n) is 8.51. The number of thiazole rings is 2. The van der Waals surface area contributed by atoms with Gasteiger partial charge in [0, 0.05) is 16.8 Å². The predicted octanol–water partition coefficient (Wildman–Crippen LogP) is 3.07. The molecular weight excluding hydrogens is 226 g/mol. The van der Waals surface area contributed by atoms with E-state index < -0.39 is 0 Å². The molecule has 2 aromatic rings. The zero-order valence-corrected chi connectivity index (χ0v) is 10.1. The molecule has 0 bridgehead atoms. The lowest BCUT2D eigenvalue weighted by atomic mass is 10.1. The van der Waals surface area contributed by atoms with Gasteiger partial charge in [-0.1, -0.05) is 13.3 Å². The molecule has 15 heavy (non-hydrogen) atoms. The summed E-state index contributed by atoms with van der Waals surface area (Å²) in [5.74, 6) is 0. The molecule has 5 heteroatoms. The van der Waals surface area contributed by atoms with Crippen LogP contribution in [-0.2, 0) is 0 Å². The van der Waals surface area contributed by atoms with E-state index >= 15 is 0 Å². The maximum absolute atomic E-state index is 6.00. The van der Waals surface area contributed by atoms with Crippen molar-refractivity contribution in [2.24, 2.45) is 5.73 Å². The lowest BCUT2D eigenvalue weighted by Gasteiger charge is -2.05. The summed E-state index contributed by atoms with van der Waals surface area (Å²) in [4.78, 5) is 8.74. The van der Waals surface area contributed by atoms with E-state index in [-0.39, 0.29) is 6.04 Å². The molecule has 2 N–H and O–H groups in total. The summed E-state index contributed by atoms with van der Waals surface area (Å²) in [6.45, 7) is 2.13. The van der Waals surface area contributed by atoms with Gasteiger partial charge in [-0.3, -0.25) is 0 Å². The Hall–Kier alpha value is -0.780. The third-order valence-electron chi connectivity index (χ3n) is 2.15. The van der Waals surface area contributed by atoms with Gasteiger partial charge in [-0.25, -0.2) is 9.97 Å². The molecule has 80 valence electrons. The first kappa shape index (κ1) is 10.7. The summed E-state index contributed by atoms with van der Waals surface area (Å²) in [5, 5.41) is 5.01. The van der Waals surface area contributed by atoms with Crippen molar-refractivity contribution in [3.8, 4) is 10.7 Å². The standard InChI is InChI=1S/C10H13N3S2/c1-2-3-7(11)8-5-15-10(13-8)9-4-14-6-12-9/h4-7H,2-3,11H2,1H3. The van der Waals surface area contributed by atoms with E-state index in [0.717, 1.165) is 29.2 Å². The van der Waals surface area contributed by atoms with Gasteiger partial charge in [0.15, 0.2) is 0 Å². The highest BCUT2D eigenvalue weighted by Gasteiger charge is 2.11. The van der Waals surface area contributed by atoms with Crippen LogP contribution in [0.1, 0.15) is 31.5 Å². The van der Waals surface area contributed by atoms with Gasteiger partial charge in [0.1, 0.15) is 10.7 Å². The molecule has 0 aliphatic carbocycles. The minimum absolute atomic E-state index is 0.0682. The fraction of sp³-hybridized carbons (Fsp3) is 0.400. The van der Waals surface area contributed by atoms with Gasteiger partial charge in [0.25, 0.3) is 0 Å². The Kier molecular flexibility index (Phi) is 3.45. The highest BCUT2D eigenvalue weighted by Crippen LogP contribution is 2.26. The molecule has 2 heterocycles. The van der Waals surface area contributed by atoms with Gasteiger partial charge in [-0.05, 0) is 6.42 Å². The number of nitrogens with two attached hydrogens (primary N) is 1. The Balaban J connectivity index is 2.17. The van der Waals surface area contributed by atoms with Crippen LogP contribution in [0.25, 0.3) is 10.7 Å². The molecule has 1 atom stereocenters. The third kappa shape index (κ3) is 2.42. The van der Waals surface area contributed by atoms with Crippen LogP contribution < -0.4 is 5.73 Å². The Morgan fingerprint density at radius 2 is 2.33 bits per heavy atom. The summed E-state index contributed by atoms with van der Waals surface area (Å²) in [6, 6.07) is 0.0682. The van der Waals surface area contributed by atoms with E-state index in [2.05, 4.69) is 16.9 Å². The highest BCUT2D eigenvalue weighted by atomic mass is 32.1. The fourth-order valence-corrected chi connectivity index (χ4v) is 2.81. The summed E-state index contributed by atoms with van der Waals surface area (Å²) in [7, 11) is 0. The van der Waals surface area contributed by atoms with Gasteiger partial charge >= 0.3 is 0 Å². The number of hydrogen-bond donors (Lipinski definition) is 1. The Morgan fingerprint density at radius 3 is 3.00 bits per heavy atom. The molecule has 1 unspecified atom stereocenters. The van der Waals surface area contributed by atoms with Crippen LogP contribution in [0.4, 0.5) is 0 Å². The molecule has 0 fully saturated rings. The molecule has 0 amide bonds. The average molecular weight is 239 g/mol. The van der Waals surface area contributed by atoms with Crippen LogP contribution >= 0.6 is 22.7 Å². The number of rotatable bonds is 4. The second kappa shape index (κ2) is 4.83. The van der Waals surface area contributed by atoms with E-state index in [1.54, 1.807) is 22.7 Å². The van der Waals surface area contributed by atoms with Gasteiger partial charge in [0.2, 0.25) is 0 Å². The Morgan fingerprint density at radius 1 is 1.47 bits per heavy atom. The van der Waals surface area contributed by atoms with Crippen molar-refractivity contribution in [2.45, 2.75) is 25.8 Å². The molecule has 0 radical (unpaired) electrons. The molecule has 0 aliphatic rings. The van der Waals surface area contributed by atoms with Crippen molar-refractivity contribution < 1.29 is 0 Å². The van der Waals surface area contributed by atoms with E-state index in [0.29, 0.717) is 0 Å². The van der Waals surface area contributed by atoms with Gasteiger partial charge in [-0.2, -0.15) is 0 Å². The van der Waals surface area contributed by atoms with E-state index in [1.807, 2.05) is 16.3 Å². The summed E-state index contributed by atoms with van der Waals surface area (Å²) in [5.41, 5.74) is 9.77. The minimum Gasteiger partial charge on any atom is -0.323 e. The normalized spacial score (nSPS) is 12.9. The molecule has 2 rings (SSSR count). The van der Waals surface area contributed by atoms with Crippen molar-refractivity contribution in [1.29, 1.82) is 0 Å². The number of nitrogens with zero attached hydrogens (tertiary/aromatic N) is 2. The number of hydrogen-bond acceptors (Lipinski definition) is 5.